The Morgan fingerprint density at radius 2 is 1.90 bits per heavy atom. The molecule has 0 bridgehead atoms. The molecule has 2 aromatic carbocycles. The fourth-order valence-corrected chi connectivity index (χ4v) is 2.81. The Balaban J connectivity index is 1.61. The van der Waals surface area contributed by atoms with Gasteiger partial charge in [0.05, 0.1) is 12.8 Å². The van der Waals surface area contributed by atoms with Crippen LogP contribution in [0.1, 0.15) is 32.0 Å². The summed E-state index contributed by atoms with van der Waals surface area (Å²) in [4.78, 5) is 26.6. The molecule has 0 fully saturated rings. The molecule has 0 spiro atoms. The molecule has 0 saturated carbocycles. The van der Waals surface area contributed by atoms with Crippen LogP contribution in [0.25, 0.3) is 0 Å². The summed E-state index contributed by atoms with van der Waals surface area (Å²) in [5.41, 5.74) is 3.03. The van der Waals surface area contributed by atoms with E-state index in [1.807, 2.05) is 44.2 Å². The summed E-state index contributed by atoms with van der Waals surface area (Å²) in [6.07, 6.45) is 1.44. The Bertz CT molecular complexity index is 996. The summed E-state index contributed by atoms with van der Waals surface area (Å²) in [5, 5.41) is 2.79. The topological polar surface area (TPSA) is 71.8 Å². The maximum absolute atomic E-state index is 12.8. The Morgan fingerprint density at radius 1 is 1.07 bits per heavy atom. The van der Waals surface area contributed by atoms with Crippen LogP contribution in [0.2, 0.25) is 0 Å². The zero-order valence-electron chi connectivity index (χ0n) is 16.8. The van der Waals surface area contributed by atoms with E-state index in [1.165, 1.54) is 6.26 Å². The number of anilines is 1. The van der Waals surface area contributed by atoms with E-state index in [1.54, 1.807) is 36.2 Å². The third-order valence-electron chi connectivity index (χ3n) is 4.51. The van der Waals surface area contributed by atoms with Gasteiger partial charge in [0.15, 0.2) is 5.76 Å². The highest BCUT2D eigenvalue weighted by Gasteiger charge is 2.15. The molecule has 0 radical (unpaired) electrons. The fraction of sp³-hybridized carbons (Fsp3) is 0.217. The number of carbonyl (C=O) groups is 2. The highest BCUT2D eigenvalue weighted by atomic mass is 16.5. The van der Waals surface area contributed by atoms with Crippen LogP contribution in [0, 0.1) is 13.8 Å². The van der Waals surface area contributed by atoms with Gasteiger partial charge >= 0.3 is 0 Å². The first-order valence-corrected chi connectivity index (χ1v) is 9.34. The van der Waals surface area contributed by atoms with Crippen LogP contribution in [0.5, 0.6) is 5.75 Å². The predicted molar refractivity (Wildman–Crippen MR) is 111 cm³/mol. The van der Waals surface area contributed by atoms with Gasteiger partial charge in [-0.05, 0) is 61.4 Å². The van der Waals surface area contributed by atoms with Crippen molar-refractivity contribution in [3.63, 3.8) is 0 Å². The number of amides is 2. The van der Waals surface area contributed by atoms with E-state index >= 15 is 0 Å². The molecule has 0 saturated heterocycles. The van der Waals surface area contributed by atoms with E-state index in [0.29, 0.717) is 24.4 Å². The fourth-order valence-electron chi connectivity index (χ4n) is 2.81. The van der Waals surface area contributed by atoms with Crippen molar-refractivity contribution in [3.8, 4) is 5.75 Å². The first-order chi connectivity index (χ1) is 13.9. The van der Waals surface area contributed by atoms with Gasteiger partial charge in [-0.3, -0.25) is 9.59 Å². The number of nitrogens with one attached hydrogen (secondary N) is 1. The smallest absolute Gasteiger partial charge is 0.291 e. The van der Waals surface area contributed by atoms with Crippen LogP contribution in [0.3, 0.4) is 0 Å². The average molecular weight is 392 g/mol. The number of ether oxygens (including phenoxy) is 1. The minimum absolute atomic E-state index is 0.147. The summed E-state index contributed by atoms with van der Waals surface area (Å²) in [6, 6.07) is 16.2. The number of aryl methyl sites for hydroxylation is 2. The van der Waals surface area contributed by atoms with E-state index in [2.05, 4.69) is 5.32 Å². The van der Waals surface area contributed by atoms with E-state index < -0.39 is 0 Å². The molecule has 0 aliphatic carbocycles. The molecular weight excluding hydrogens is 368 g/mol. The van der Waals surface area contributed by atoms with Crippen molar-refractivity contribution in [2.45, 2.75) is 13.8 Å². The van der Waals surface area contributed by atoms with Crippen molar-refractivity contribution in [1.29, 1.82) is 0 Å². The Morgan fingerprint density at radius 3 is 2.62 bits per heavy atom. The van der Waals surface area contributed by atoms with E-state index in [-0.39, 0.29) is 17.6 Å². The standard InChI is InChI=1S/C23H24N2O4/c1-16-6-4-7-19(14-16)28-13-11-25(3)23(27)18-10-9-17(2)20(15-18)24-22(26)21-8-5-12-29-21/h4-10,12,14-15H,11,13H2,1-3H3,(H,24,26). The van der Waals surface area contributed by atoms with Crippen LogP contribution in [0.15, 0.2) is 65.3 Å². The molecule has 29 heavy (non-hydrogen) atoms. The predicted octanol–water partition coefficient (Wildman–Crippen LogP) is 4.30. The minimum atomic E-state index is -0.359. The van der Waals surface area contributed by atoms with Crippen LogP contribution >= 0.6 is 0 Å². The lowest BCUT2D eigenvalue weighted by Crippen LogP contribution is -2.31. The van der Waals surface area contributed by atoms with Gasteiger partial charge in [0.1, 0.15) is 12.4 Å². The zero-order chi connectivity index (χ0) is 20.8. The number of hydrogen-bond donors (Lipinski definition) is 1. The van der Waals surface area contributed by atoms with Crippen LogP contribution in [-0.2, 0) is 0 Å². The molecule has 3 aromatic rings. The molecule has 2 amide bonds. The second-order valence-corrected chi connectivity index (χ2v) is 6.85. The third kappa shape index (κ3) is 5.25. The third-order valence-corrected chi connectivity index (χ3v) is 4.51. The monoisotopic (exact) mass is 392 g/mol. The number of furan rings is 1. The molecule has 150 valence electrons. The summed E-state index contributed by atoms with van der Waals surface area (Å²) in [6.45, 7) is 4.70. The van der Waals surface area contributed by atoms with Gasteiger partial charge in [-0.25, -0.2) is 0 Å². The Kier molecular flexibility index (Phi) is 6.34. The molecule has 0 unspecified atom stereocenters. The van der Waals surface area contributed by atoms with Crippen LogP contribution in [-0.4, -0.2) is 36.9 Å². The zero-order valence-corrected chi connectivity index (χ0v) is 16.8. The summed E-state index contributed by atoms with van der Waals surface area (Å²) < 4.78 is 10.8. The largest absolute Gasteiger partial charge is 0.492 e. The molecule has 0 aliphatic rings. The average Bonchev–Trinajstić information content (AvgIpc) is 3.24. The first kappa shape index (κ1) is 20.2. The van der Waals surface area contributed by atoms with Crippen molar-refractivity contribution in [1.82, 2.24) is 4.90 Å². The van der Waals surface area contributed by atoms with Gasteiger partial charge < -0.3 is 19.4 Å². The van der Waals surface area contributed by atoms with Crippen molar-refractivity contribution in [2.75, 3.05) is 25.5 Å². The van der Waals surface area contributed by atoms with Crippen molar-refractivity contribution >= 4 is 17.5 Å². The lowest BCUT2D eigenvalue weighted by Gasteiger charge is -2.18. The minimum Gasteiger partial charge on any atom is -0.492 e. The van der Waals surface area contributed by atoms with Gasteiger partial charge in [-0.15, -0.1) is 0 Å². The van der Waals surface area contributed by atoms with Crippen molar-refractivity contribution in [2.24, 2.45) is 0 Å². The van der Waals surface area contributed by atoms with E-state index in [0.717, 1.165) is 16.9 Å². The number of likely N-dealkylation sites (N-methyl/N-ethyl adjacent to an activating group) is 1. The number of nitrogens with zero attached hydrogens (tertiary/aromatic N) is 1. The maximum Gasteiger partial charge on any atom is 0.291 e. The quantitative estimate of drug-likeness (QED) is 0.651. The van der Waals surface area contributed by atoms with Crippen LogP contribution < -0.4 is 10.1 Å². The normalized spacial score (nSPS) is 10.4. The summed E-state index contributed by atoms with van der Waals surface area (Å²) >= 11 is 0. The highest BCUT2D eigenvalue weighted by molar-refractivity contribution is 6.03. The molecule has 1 heterocycles. The molecule has 3 rings (SSSR count). The Hall–Kier alpha value is -3.54. The molecule has 6 nitrogen and oxygen atoms in total. The number of hydrogen-bond acceptors (Lipinski definition) is 4. The van der Waals surface area contributed by atoms with Gasteiger partial charge in [-0.1, -0.05) is 18.2 Å². The van der Waals surface area contributed by atoms with Gasteiger partial charge in [0.2, 0.25) is 0 Å². The van der Waals surface area contributed by atoms with Crippen molar-refractivity contribution < 1.29 is 18.7 Å². The van der Waals surface area contributed by atoms with Gasteiger partial charge in [0, 0.05) is 18.3 Å². The van der Waals surface area contributed by atoms with Gasteiger partial charge in [0.25, 0.3) is 11.8 Å². The highest BCUT2D eigenvalue weighted by Crippen LogP contribution is 2.19. The van der Waals surface area contributed by atoms with E-state index in [4.69, 9.17) is 9.15 Å². The SMILES string of the molecule is Cc1cccc(OCCN(C)C(=O)c2ccc(C)c(NC(=O)c3ccco3)c2)c1. The van der Waals surface area contributed by atoms with Crippen molar-refractivity contribution in [3.05, 3.63) is 83.3 Å². The number of benzene rings is 2. The lowest BCUT2D eigenvalue weighted by atomic mass is 10.1. The van der Waals surface area contributed by atoms with Gasteiger partial charge in [-0.2, -0.15) is 0 Å². The molecule has 0 atom stereocenters. The van der Waals surface area contributed by atoms with Crippen LogP contribution in [0.4, 0.5) is 5.69 Å². The maximum atomic E-state index is 12.8. The summed E-state index contributed by atoms with van der Waals surface area (Å²) in [5.74, 6) is 0.490. The second kappa shape index (κ2) is 9.10. The second-order valence-electron chi connectivity index (χ2n) is 6.85. The summed E-state index contributed by atoms with van der Waals surface area (Å²) in [7, 11) is 1.73. The first-order valence-electron chi connectivity index (χ1n) is 9.34. The molecule has 1 aromatic heterocycles. The molecule has 0 aliphatic heterocycles. The molecular formula is C23H24N2O4. The molecule has 6 heteroatoms. The number of rotatable bonds is 7. The lowest BCUT2D eigenvalue weighted by molar-refractivity contribution is 0.0773. The van der Waals surface area contributed by atoms with E-state index in [9.17, 15) is 9.59 Å². The number of carbonyl (C=O) groups excluding carboxylic acids is 2. The molecule has 1 N–H and O–H groups in total. The Labute approximate surface area is 170 Å².